The Hall–Kier alpha value is -0.930. The number of methoxy groups -OCH3 is 2. The molecule has 0 N–H and O–H groups in total. The second-order valence-electron chi connectivity index (χ2n) is 2.65. The molecule has 0 heterocycles. The second kappa shape index (κ2) is 5.73. The Bertz CT molecular complexity index is 289. The molecule has 0 fully saturated rings. The minimum Gasteiger partial charge on any atom is -0.493 e. The highest BCUT2D eigenvalue weighted by Crippen LogP contribution is 2.27. The van der Waals surface area contributed by atoms with Crippen molar-refractivity contribution in [2.24, 2.45) is 0 Å². The molecule has 1 aromatic rings. The summed E-state index contributed by atoms with van der Waals surface area (Å²) >= 11 is 5.41. The maximum atomic E-state index is 5.41. The van der Waals surface area contributed by atoms with Crippen LogP contribution in [0.15, 0.2) is 18.2 Å². The molecule has 0 saturated carbocycles. The fourth-order valence-electron chi connectivity index (χ4n) is 1.13. The molecule has 0 aliphatic carbocycles. The fourth-order valence-corrected chi connectivity index (χ4v) is 1.20. The van der Waals surface area contributed by atoms with E-state index in [-0.39, 0.29) is 6.07 Å². The molecule has 0 aliphatic rings. The van der Waals surface area contributed by atoms with E-state index >= 15 is 0 Å². The molecule has 0 bridgehead atoms. The molecule has 0 amide bonds. The molecule has 3 nitrogen and oxygen atoms in total. The van der Waals surface area contributed by atoms with Gasteiger partial charge in [-0.3, -0.25) is 0 Å². The zero-order chi connectivity index (χ0) is 10.4. The normalized spacial score (nSPS) is 9.93. The Morgan fingerprint density at radius 1 is 1.14 bits per heavy atom. The molecule has 78 valence electrons. The van der Waals surface area contributed by atoms with Crippen LogP contribution in [0.25, 0.3) is 0 Å². The first-order chi connectivity index (χ1) is 6.81. The van der Waals surface area contributed by atoms with Gasteiger partial charge in [-0.15, -0.1) is 0 Å². The quantitative estimate of drug-likeness (QED) is 0.708. The van der Waals surface area contributed by atoms with E-state index in [1.807, 2.05) is 18.2 Å². The molecule has 1 rings (SSSR count). The van der Waals surface area contributed by atoms with E-state index in [9.17, 15) is 0 Å². The maximum absolute atomic E-state index is 5.41. The molecule has 0 saturated heterocycles. The third kappa shape index (κ3) is 2.79. The summed E-state index contributed by atoms with van der Waals surface area (Å²) in [4.78, 5) is 0. The summed E-state index contributed by atoms with van der Waals surface area (Å²) in [6.07, 6.45) is 0. The summed E-state index contributed by atoms with van der Waals surface area (Å²) in [6.45, 7) is 0.476. The van der Waals surface area contributed by atoms with Gasteiger partial charge in [-0.25, -0.2) is 0 Å². The van der Waals surface area contributed by atoms with Crippen molar-refractivity contribution in [3.05, 3.63) is 23.8 Å². The van der Waals surface area contributed by atoms with Crippen molar-refractivity contribution >= 4 is 11.6 Å². The molecule has 0 atom stereocenters. The summed E-state index contributed by atoms with van der Waals surface area (Å²) in [5, 5.41) is 0. The number of ether oxygens (including phenoxy) is 3. The van der Waals surface area contributed by atoms with Crippen molar-refractivity contribution in [2.75, 3.05) is 20.3 Å². The third-order valence-corrected chi connectivity index (χ3v) is 1.95. The average molecular weight is 217 g/mol. The van der Waals surface area contributed by atoms with Gasteiger partial charge in [0, 0.05) is 0 Å². The van der Waals surface area contributed by atoms with Crippen LogP contribution in [-0.4, -0.2) is 20.3 Å². The van der Waals surface area contributed by atoms with Crippen molar-refractivity contribution in [1.29, 1.82) is 0 Å². The Kier molecular flexibility index (Phi) is 4.56. The molecule has 0 aliphatic heterocycles. The number of hydrogen-bond acceptors (Lipinski definition) is 3. The molecule has 0 unspecified atom stereocenters. The number of halogens is 1. The highest BCUT2D eigenvalue weighted by atomic mass is 35.5. The highest BCUT2D eigenvalue weighted by molar-refractivity contribution is 6.17. The standard InChI is InChI=1S/C10H13ClO3/c1-12-9-4-3-8(6-14-7-11)5-10(9)13-2/h3-5H,6-7H2,1-2H3. The highest BCUT2D eigenvalue weighted by Gasteiger charge is 2.03. The predicted octanol–water partition coefficient (Wildman–Crippen LogP) is 2.42. The third-order valence-electron chi connectivity index (χ3n) is 1.79. The van der Waals surface area contributed by atoms with Gasteiger partial charge in [0.1, 0.15) is 6.07 Å². The Morgan fingerprint density at radius 3 is 2.43 bits per heavy atom. The van der Waals surface area contributed by atoms with Gasteiger partial charge in [0.25, 0.3) is 0 Å². The summed E-state index contributed by atoms with van der Waals surface area (Å²) in [5.74, 6) is 1.41. The summed E-state index contributed by atoms with van der Waals surface area (Å²) < 4.78 is 15.3. The van der Waals surface area contributed by atoms with Gasteiger partial charge >= 0.3 is 0 Å². The molecule has 0 radical (unpaired) electrons. The van der Waals surface area contributed by atoms with E-state index < -0.39 is 0 Å². The Balaban J connectivity index is 2.79. The van der Waals surface area contributed by atoms with Gasteiger partial charge in [0.2, 0.25) is 0 Å². The topological polar surface area (TPSA) is 27.7 Å². The monoisotopic (exact) mass is 216 g/mol. The van der Waals surface area contributed by atoms with Crippen LogP contribution in [0.2, 0.25) is 0 Å². The van der Waals surface area contributed by atoms with Crippen LogP contribution in [0, 0.1) is 0 Å². The second-order valence-corrected chi connectivity index (χ2v) is 2.87. The fraction of sp³-hybridized carbons (Fsp3) is 0.400. The van der Waals surface area contributed by atoms with Crippen LogP contribution in [0.1, 0.15) is 5.56 Å². The molecule has 1 aromatic carbocycles. The van der Waals surface area contributed by atoms with Gasteiger partial charge < -0.3 is 14.2 Å². The van der Waals surface area contributed by atoms with Gasteiger partial charge in [0.05, 0.1) is 20.8 Å². The predicted molar refractivity (Wildman–Crippen MR) is 55.1 cm³/mol. The zero-order valence-electron chi connectivity index (χ0n) is 8.25. The van der Waals surface area contributed by atoms with Crippen LogP contribution in [-0.2, 0) is 11.3 Å². The smallest absolute Gasteiger partial charge is 0.161 e. The van der Waals surface area contributed by atoms with Crippen LogP contribution in [0.4, 0.5) is 0 Å². The van der Waals surface area contributed by atoms with Crippen molar-refractivity contribution in [3.8, 4) is 11.5 Å². The largest absolute Gasteiger partial charge is 0.493 e. The van der Waals surface area contributed by atoms with Crippen molar-refractivity contribution in [2.45, 2.75) is 6.61 Å². The first-order valence-corrected chi connectivity index (χ1v) is 4.70. The van der Waals surface area contributed by atoms with E-state index in [4.69, 9.17) is 25.8 Å². The summed E-state index contributed by atoms with van der Waals surface area (Å²) in [5.41, 5.74) is 1.00. The van der Waals surface area contributed by atoms with E-state index in [2.05, 4.69) is 0 Å². The van der Waals surface area contributed by atoms with E-state index in [1.54, 1.807) is 14.2 Å². The van der Waals surface area contributed by atoms with Gasteiger partial charge in [-0.2, -0.15) is 0 Å². The van der Waals surface area contributed by atoms with Crippen LogP contribution in [0.5, 0.6) is 11.5 Å². The van der Waals surface area contributed by atoms with Crippen molar-refractivity contribution in [1.82, 2.24) is 0 Å². The number of rotatable bonds is 5. The number of benzene rings is 1. The lowest BCUT2D eigenvalue weighted by Crippen LogP contribution is -1.94. The van der Waals surface area contributed by atoms with Gasteiger partial charge in [-0.1, -0.05) is 17.7 Å². The number of alkyl halides is 1. The van der Waals surface area contributed by atoms with Crippen LogP contribution in [0.3, 0.4) is 0 Å². The molecular weight excluding hydrogens is 204 g/mol. The lowest BCUT2D eigenvalue weighted by Gasteiger charge is -2.09. The van der Waals surface area contributed by atoms with E-state index in [0.717, 1.165) is 5.56 Å². The molecule has 4 heteroatoms. The van der Waals surface area contributed by atoms with Crippen LogP contribution >= 0.6 is 11.6 Å². The summed E-state index contributed by atoms with van der Waals surface area (Å²) in [7, 11) is 3.21. The van der Waals surface area contributed by atoms with E-state index in [0.29, 0.717) is 18.1 Å². The zero-order valence-corrected chi connectivity index (χ0v) is 9.00. The maximum Gasteiger partial charge on any atom is 0.161 e. The SMILES string of the molecule is COc1ccc(COCCl)cc1OC. The van der Waals surface area contributed by atoms with Gasteiger partial charge in [-0.05, 0) is 17.7 Å². The van der Waals surface area contributed by atoms with Gasteiger partial charge in [0.15, 0.2) is 11.5 Å². The number of hydrogen-bond donors (Lipinski definition) is 0. The Labute approximate surface area is 88.5 Å². The van der Waals surface area contributed by atoms with E-state index in [1.165, 1.54) is 0 Å². The average Bonchev–Trinajstić information content (AvgIpc) is 2.25. The molecular formula is C10H13ClO3. The molecule has 14 heavy (non-hydrogen) atoms. The van der Waals surface area contributed by atoms with Crippen molar-refractivity contribution < 1.29 is 14.2 Å². The minimum atomic E-state index is 0.189. The Morgan fingerprint density at radius 2 is 1.86 bits per heavy atom. The van der Waals surface area contributed by atoms with Crippen molar-refractivity contribution in [3.63, 3.8) is 0 Å². The minimum absolute atomic E-state index is 0.189. The lowest BCUT2D eigenvalue weighted by atomic mass is 10.2. The molecule has 0 aromatic heterocycles. The first-order valence-electron chi connectivity index (χ1n) is 4.16. The van der Waals surface area contributed by atoms with Crippen LogP contribution < -0.4 is 9.47 Å². The first kappa shape index (κ1) is 11.1. The summed E-state index contributed by atoms with van der Waals surface area (Å²) in [6, 6.07) is 5.80. The molecule has 0 spiro atoms. The lowest BCUT2D eigenvalue weighted by molar-refractivity contribution is 0.165.